The second kappa shape index (κ2) is 5.42. The molecular weight excluding hydrogens is 364 g/mol. The topological polar surface area (TPSA) is 49.4 Å². The van der Waals surface area contributed by atoms with Gasteiger partial charge in [0.25, 0.3) is 0 Å². The molecule has 1 aliphatic carbocycles. The first-order valence-corrected chi connectivity index (χ1v) is 9.47. The molecule has 0 spiro atoms. The van der Waals surface area contributed by atoms with Crippen molar-refractivity contribution in [3.63, 3.8) is 0 Å². The maximum atomic E-state index is 13.3. The summed E-state index contributed by atoms with van der Waals surface area (Å²) in [6, 6.07) is 5.68. The van der Waals surface area contributed by atoms with E-state index in [0.29, 0.717) is 25.2 Å². The maximum absolute atomic E-state index is 13.3. The molecule has 1 N–H and O–H groups in total. The standard InChI is InChI=1S/C16H19BrN2O2S/c1-12-4-3-7-16(2,11-12)22(20,21)19-9-8-18-14-6-5-13(17)10-15(14)19/h3-7,10,18H,8-9,11H2,1-2H3/t16-/m1/s1. The van der Waals surface area contributed by atoms with Crippen LogP contribution in [0.3, 0.4) is 0 Å². The van der Waals surface area contributed by atoms with E-state index in [2.05, 4.69) is 21.2 Å². The molecule has 1 aromatic rings. The van der Waals surface area contributed by atoms with Crippen molar-refractivity contribution in [3.8, 4) is 0 Å². The molecule has 0 fully saturated rings. The molecule has 118 valence electrons. The van der Waals surface area contributed by atoms with Crippen LogP contribution in [0.5, 0.6) is 0 Å². The Hall–Kier alpha value is -1.27. The first-order valence-electron chi connectivity index (χ1n) is 7.24. The van der Waals surface area contributed by atoms with Gasteiger partial charge in [0.2, 0.25) is 10.0 Å². The molecule has 1 aromatic carbocycles. The van der Waals surface area contributed by atoms with Gasteiger partial charge in [-0.25, -0.2) is 8.42 Å². The van der Waals surface area contributed by atoms with E-state index in [1.807, 2.05) is 37.3 Å². The van der Waals surface area contributed by atoms with E-state index >= 15 is 0 Å². The summed E-state index contributed by atoms with van der Waals surface area (Å²) >= 11 is 3.43. The Morgan fingerprint density at radius 3 is 2.86 bits per heavy atom. The van der Waals surface area contributed by atoms with E-state index in [1.54, 1.807) is 17.3 Å². The van der Waals surface area contributed by atoms with E-state index in [0.717, 1.165) is 15.7 Å². The third kappa shape index (κ3) is 2.48. The van der Waals surface area contributed by atoms with Gasteiger partial charge in [0, 0.05) is 11.0 Å². The molecule has 22 heavy (non-hydrogen) atoms. The summed E-state index contributed by atoms with van der Waals surface area (Å²) in [7, 11) is -3.50. The van der Waals surface area contributed by atoms with Gasteiger partial charge in [-0.2, -0.15) is 0 Å². The normalized spacial score (nSPS) is 24.5. The van der Waals surface area contributed by atoms with Gasteiger partial charge in [-0.1, -0.05) is 39.7 Å². The lowest BCUT2D eigenvalue weighted by Crippen LogP contribution is -2.49. The quantitative estimate of drug-likeness (QED) is 0.848. The van der Waals surface area contributed by atoms with Crippen molar-refractivity contribution >= 4 is 37.3 Å². The molecule has 1 atom stereocenters. The highest BCUT2D eigenvalue weighted by Crippen LogP contribution is 2.39. The van der Waals surface area contributed by atoms with Crippen molar-refractivity contribution < 1.29 is 8.42 Å². The predicted molar refractivity (Wildman–Crippen MR) is 94.8 cm³/mol. The molecule has 0 radical (unpaired) electrons. The summed E-state index contributed by atoms with van der Waals surface area (Å²) in [6.45, 7) is 4.83. The van der Waals surface area contributed by atoms with Crippen LogP contribution in [-0.4, -0.2) is 26.3 Å². The first-order chi connectivity index (χ1) is 10.3. The van der Waals surface area contributed by atoms with E-state index in [4.69, 9.17) is 0 Å². The predicted octanol–water partition coefficient (Wildman–Crippen LogP) is 3.68. The molecule has 0 unspecified atom stereocenters. The summed E-state index contributed by atoms with van der Waals surface area (Å²) in [4.78, 5) is 0. The minimum absolute atomic E-state index is 0.442. The van der Waals surface area contributed by atoms with Gasteiger partial charge in [0.1, 0.15) is 4.75 Å². The number of halogens is 1. The lowest BCUT2D eigenvalue weighted by molar-refractivity contribution is 0.553. The van der Waals surface area contributed by atoms with Crippen LogP contribution in [0.1, 0.15) is 20.3 Å². The smallest absolute Gasteiger partial charge is 0.244 e. The van der Waals surface area contributed by atoms with Gasteiger partial charge in [-0.05, 0) is 38.5 Å². The summed E-state index contributed by atoms with van der Waals surface area (Å²) in [6.07, 6.45) is 6.15. The average Bonchev–Trinajstić information content (AvgIpc) is 2.46. The van der Waals surface area contributed by atoms with Crippen molar-refractivity contribution in [1.29, 1.82) is 0 Å². The van der Waals surface area contributed by atoms with Gasteiger partial charge in [0.05, 0.1) is 17.9 Å². The van der Waals surface area contributed by atoms with Crippen LogP contribution in [0.2, 0.25) is 0 Å². The zero-order valence-corrected chi connectivity index (χ0v) is 15.0. The van der Waals surface area contributed by atoms with Gasteiger partial charge in [-0.15, -0.1) is 0 Å². The summed E-state index contributed by atoms with van der Waals surface area (Å²) in [5, 5.41) is 3.26. The number of hydrogen-bond acceptors (Lipinski definition) is 3. The Balaban J connectivity index is 2.07. The fraction of sp³-hybridized carbons (Fsp3) is 0.375. The minimum atomic E-state index is -3.50. The first kappa shape index (κ1) is 15.6. The fourth-order valence-electron chi connectivity index (χ4n) is 3.04. The van der Waals surface area contributed by atoms with Crippen molar-refractivity contribution in [1.82, 2.24) is 0 Å². The molecule has 3 rings (SSSR count). The molecule has 1 aliphatic heterocycles. The highest BCUT2D eigenvalue weighted by molar-refractivity contribution is 9.10. The van der Waals surface area contributed by atoms with Crippen molar-refractivity contribution in [2.75, 3.05) is 22.7 Å². The maximum Gasteiger partial charge on any atom is 0.244 e. The van der Waals surface area contributed by atoms with E-state index in [-0.39, 0.29) is 0 Å². The van der Waals surface area contributed by atoms with Crippen molar-refractivity contribution in [2.45, 2.75) is 25.0 Å². The number of allylic oxidation sites excluding steroid dienone is 3. The summed E-state index contributed by atoms with van der Waals surface area (Å²) in [5.74, 6) is 0. The molecule has 0 amide bonds. The Morgan fingerprint density at radius 2 is 2.14 bits per heavy atom. The molecule has 0 bridgehead atoms. The average molecular weight is 383 g/mol. The molecule has 0 saturated carbocycles. The van der Waals surface area contributed by atoms with Crippen LogP contribution >= 0.6 is 15.9 Å². The Bertz CT molecular complexity index is 770. The third-order valence-corrected chi connectivity index (χ3v) is 7.11. The number of benzene rings is 1. The van der Waals surface area contributed by atoms with Crippen LogP contribution in [0.15, 0.2) is 46.5 Å². The Kier molecular flexibility index (Phi) is 3.85. The van der Waals surface area contributed by atoms with Crippen LogP contribution in [-0.2, 0) is 10.0 Å². The number of nitrogens with zero attached hydrogens (tertiary/aromatic N) is 1. The largest absolute Gasteiger partial charge is 0.382 e. The SMILES string of the molecule is CC1=CC=C[C@@](C)(S(=O)(=O)N2CCNc3ccc(Br)cc32)C1. The number of sulfonamides is 1. The lowest BCUT2D eigenvalue weighted by Gasteiger charge is -2.38. The molecule has 0 aromatic heterocycles. The lowest BCUT2D eigenvalue weighted by atomic mass is 9.96. The summed E-state index contributed by atoms with van der Waals surface area (Å²) in [5.41, 5.74) is 2.65. The molecule has 0 saturated heterocycles. The van der Waals surface area contributed by atoms with Crippen molar-refractivity contribution in [3.05, 3.63) is 46.5 Å². The van der Waals surface area contributed by atoms with Gasteiger partial charge in [0.15, 0.2) is 0 Å². The fourth-order valence-corrected chi connectivity index (χ4v) is 5.29. The zero-order chi connectivity index (χ0) is 16.0. The number of hydrogen-bond donors (Lipinski definition) is 1. The van der Waals surface area contributed by atoms with Gasteiger partial charge in [-0.3, -0.25) is 4.31 Å². The van der Waals surface area contributed by atoms with Gasteiger partial charge < -0.3 is 5.32 Å². The van der Waals surface area contributed by atoms with Crippen LogP contribution in [0, 0.1) is 0 Å². The molecule has 4 nitrogen and oxygen atoms in total. The second-order valence-corrected chi connectivity index (χ2v) is 9.27. The number of rotatable bonds is 2. The summed E-state index contributed by atoms with van der Waals surface area (Å²) < 4.78 is 28.1. The van der Waals surface area contributed by atoms with Crippen molar-refractivity contribution in [2.24, 2.45) is 0 Å². The molecule has 2 aliphatic rings. The van der Waals surface area contributed by atoms with Crippen LogP contribution < -0.4 is 9.62 Å². The number of nitrogens with one attached hydrogen (secondary N) is 1. The second-order valence-electron chi connectivity index (χ2n) is 6.03. The monoisotopic (exact) mass is 382 g/mol. The number of fused-ring (bicyclic) bond motifs is 1. The number of anilines is 2. The molecule has 6 heteroatoms. The highest BCUT2D eigenvalue weighted by Gasteiger charge is 2.43. The molecule has 1 heterocycles. The van der Waals surface area contributed by atoms with E-state index < -0.39 is 14.8 Å². The zero-order valence-electron chi connectivity index (χ0n) is 12.6. The minimum Gasteiger partial charge on any atom is -0.382 e. The third-order valence-electron chi connectivity index (χ3n) is 4.20. The Labute approximate surface area is 140 Å². The molecular formula is C16H19BrN2O2S. The van der Waals surface area contributed by atoms with E-state index in [9.17, 15) is 8.42 Å². The highest BCUT2D eigenvalue weighted by atomic mass is 79.9. The van der Waals surface area contributed by atoms with E-state index in [1.165, 1.54) is 0 Å². The van der Waals surface area contributed by atoms with Crippen LogP contribution in [0.25, 0.3) is 0 Å². The van der Waals surface area contributed by atoms with Gasteiger partial charge >= 0.3 is 0 Å². The Morgan fingerprint density at radius 1 is 1.36 bits per heavy atom. The van der Waals surface area contributed by atoms with Crippen LogP contribution in [0.4, 0.5) is 11.4 Å².